The van der Waals surface area contributed by atoms with E-state index in [-0.39, 0.29) is 11.9 Å². The Kier molecular flexibility index (Phi) is 3.88. The van der Waals surface area contributed by atoms with Crippen molar-refractivity contribution in [3.05, 3.63) is 42.4 Å². The molecule has 1 aliphatic heterocycles. The van der Waals surface area contributed by atoms with Crippen molar-refractivity contribution in [2.45, 2.75) is 12.5 Å². The summed E-state index contributed by atoms with van der Waals surface area (Å²) in [4.78, 5) is 18.7. The molecule has 1 saturated heterocycles. The van der Waals surface area contributed by atoms with E-state index in [0.29, 0.717) is 23.6 Å². The van der Waals surface area contributed by atoms with Crippen LogP contribution in [0.4, 0.5) is 5.82 Å². The van der Waals surface area contributed by atoms with Gasteiger partial charge in [0.25, 0.3) is 5.91 Å². The maximum Gasteiger partial charge on any atom is 0.257 e. The van der Waals surface area contributed by atoms with E-state index in [0.717, 1.165) is 18.8 Å². The van der Waals surface area contributed by atoms with Gasteiger partial charge in [0.15, 0.2) is 5.65 Å². The molecule has 1 atom stereocenters. The van der Waals surface area contributed by atoms with Crippen LogP contribution in [-0.4, -0.2) is 56.9 Å². The van der Waals surface area contributed by atoms with Crippen molar-refractivity contribution in [1.82, 2.24) is 30.1 Å². The zero-order valence-electron chi connectivity index (χ0n) is 13.7. The molecular weight excluding hydrogens is 322 g/mol. The lowest BCUT2D eigenvalue weighted by molar-refractivity contribution is 0.0936. The number of anilines is 1. The minimum absolute atomic E-state index is 0.0378. The molecule has 0 bridgehead atoms. The summed E-state index contributed by atoms with van der Waals surface area (Å²) in [7, 11) is 1.50. The molecule has 1 aliphatic rings. The number of carbonyl (C=O) groups excluding carboxylic acids is 1. The van der Waals surface area contributed by atoms with E-state index in [9.17, 15) is 4.79 Å². The lowest BCUT2D eigenvalue weighted by Crippen LogP contribution is -2.37. The summed E-state index contributed by atoms with van der Waals surface area (Å²) in [5, 5.41) is 15.3. The summed E-state index contributed by atoms with van der Waals surface area (Å²) in [6, 6.07) is 7.25. The van der Waals surface area contributed by atoms with Crippen molar-refractivity contribution < 1.29 is 9.53 Å². The number of methoxy groups -OCH3 is 1. The summed E-state index contributed by atoms with van der Waals surface area (Å²) in [5.41, 5.74) is 1.14. The lowest BCUT2D eigenvalue weighted by Gasteiger charge is -2.18. The van der Waals surface area contributed by atoms with Crippen LogP contribution in [0.5, 0.6) is 5.88 Å². The summed E-state index contributed by atoms with van der Waals surface area (Å²) >= 11 is 0. The Morgan fingerprint density at radius 3 is 3.16 bits per heavy atom. The second-order valence-corrected chi connectivity index (χ2v) is 5.79. The molecule has 0 spiro atoms. The van der Waals surface area contributed by atoms with Crippen LogP contribution in [0.25, 0.3) is 5.65 Å². The number of carbonyl (C=O) groups is 1. The summed E-state index contributed by atoms with van der Waals surface area (Å²) in [6.07, 6.45) is 4.01. The smallest absolute Gasteiger partial charge is 0.257 e. The fraction of sp³-hybridized carbons (Fsp3) is 0.312. The first-order valence-corrected chi connectivity index (χ1v) is 7.96. The second kappa shape index (κ2) is 6.34. The van der Waals surface area contributed by atoms with Gasteiger partial charge in [0.2, 0.25) is 5.88 Å². The van der Waals surface area contributed by atoms with Crippen LogP contribution >= 0.6 is 0 Å². The van der Waals surface area contributed by atoms with E-state index in [4.69, 9.17) is 4.74 Å². The van der Waals surface area contributed by atoms with Crippen LogP contribution in [0.1, 0.15) is 16.8 Å². The highest BCUT2D eigenvalue weighted by Crippen LogP contribution is 2.19. The molecule has 3 aromatic heterocycles. The van der Waals surface area contributed by atoms with Crippen LogP contribution in [0.15, 0.2) is 36.8 Å². The molecule has 1 amide bonds. The molecule has 4 rings (SSSR count). The van der Waals surface area contributed by atoms with Gasteiger partial charge in [-0.2, -0.15) is 4.52 Å². The number of nitrogens with one attached hydrogen (secondary N) is 1. The Bertz CT molecular complexity index is 910. The third-order valence-corrected chi connectivity index (χ3v) is 4.20. The molecule has 0 unspecified atom stereocenters. The zero-order chi connectivity index (χ0) is 17.2. The Morgan fingerprint density at radius 1 is 1.36 bits per heavy atom. The number of amides is 1. The van der Waals surface area contributed by atoms with Crippen LogP contribution in [0, 0.1) is 0 Å². The molecule has 1 N–H and O–H groups in total. The molecule has 0 saturated carbocycles. The van der Waals surface area contributed by atoms with Gasteiger partial charge >= 0.3 is 0 Å². The number of aromatic nitrogens is 5. The van der Waals surface area contributed by atoms with Gasteiger partial charge in [0, 0.05) is 25.3 Å². The Hall–Kier alpha value is -3.23. The van der Waals surface area contributed by atoms with E-state index < -0.39 is 0 Å². The number of rotatable bonds is 4. The Balaban J connectivity index is 1.44. The molecule has 25 heavy (non-hydrogen) atoms. The highest BCUT2D eigenvalue weighted by atomic mass is 16.5. The van der Waals surface area contributed by atoms with Gasteiger partial charge < -0.3 is 15.0 Å². The average Bonchev–Trinajstić information content (AvgIpc) is 3.30. The van der Waals surface area contributed by atoms with Gasteiger partial charge in [0.05, 0.1) is 7.11 Å². The number of hydrogen-bond acceptors (Lipinski definition) is 7. The maximum atomic E-state index is 12.5. The van der Waals surface area contributed by atoms with Crippen LogP contribution in [0.2, 0.25) is 0 Å². The summed E-state index contributed by atoms with van der Waals surface area (Å²) in [6.45, 7) is 1.50. The number of hydrogen-bond donors (Lipinski definition) is 1. The first-order valence-electron chi connectivity index (χ1n) is 7.96. The fourth-order valence-electron chi connectivity index (χ4n) is 2.96. The predicted molar refractivity (Wildman–Crippen MR) is 89.7 cm³/mol. The second-order valence-electron chi connectivity index (χ2n) is 5.79. The molecule has 3 aromatic rings. The Labute approximate surface area is 143 Å². The van der Waals surface area contributed by atoms with Crippen LogP contribution < -0.4 is 15.0 Å². The van der Waals surface area contributed by atoms with Gasteiger partial charge in [0.1, 0.15) is 17.7 Å². The largest absolute Gasteiger partial charge is 0.480 e. The molecular formula is C16H17N7O2. The predicted octanol–water partition coefficient (Wildman–Crippen LogP) is 0.537. The lowest BCUT2D eigenvalue weighted by atomic mass is 10.2. The van der Waals surface area contributed by atoms with Crippen molar-refractivity contribution in [2.75, 3.05) is 25.1 Å². The molecule has 0 radical (unpaired) electrons. The van der Waals surface area contributed by atoms with Gasteiger partial charge in [-0.25, -0.2) is 4.98 Å². The number of pyridine rings is 1. The quantitative estimate of drug-likeness (QED) is 0.741. The third-order valence-electron chi connectivity index (χ3n) is 4.20. The summed E-state index contributed by atoms with van der Waals surface area (Å²) < 4.78 is 6.79. The van der Waals surface area contributed by atoms with Gasteiger partial charge in [-0.05, 0) is 30.7 Å². The molecule has 0 aliphatic carbocycles. The van der Waals surface area contributed by atoms with E-state index in [1.165, 1.54) is 7.11 Å². The standard InChI is InChI=1S/C16H17N7O2/c1-25-16-12(3-2-7-17-16)15(24)19-11-6-8-22(9-11)14-5-4-13-20-18-10-23(13)21-14/h2-5,7,10-11H,6,8-9H2,1H3,(H,19,24)/t11-/m1/s1. The van der Waals surface area contributed by atoms with Crippen molar-refractivity contribution in [1.29, 1.82) is 0 Å². The van der Waals surface area contributed by atoms with Crippen molar-refractivity contribution in [3.8, 4) is 5.88 Å². The minimum atomic E-state index is -0.181. The molecule has 0 aromatic carbocycles. The van der Waals surface area contributed by atoms with Gasteiger partial charge in [-0.1, -0.05) is 0 Å². The van der Waals surface area contributed by atoms with E-state index in [2.05, 4.69) is 30.5 Å². The van der Waals surface area contributed by atoms with Crippen molar-refractivity contribution >= 4 is 17.4 Å². The minimum Gasteiger partial charge on any atom is -0.480 e. The first kappa shape index (κ1) is 15.3. The Morgan fingerprint density at radius 2 is 2.28 bits per heavy atom. The molecule has 9 heteroatoms. The van der Waals surface area contributed by atoms with E-state index >= 15 is 0 Å². The third kappa shape index (κ3) is 2.95. The van der Waals surface area contributed by atoms with Crippen LogP contribution in [0.3, 0.4) is 0 Å². The molecule has 9 nitrogen and oxygen atoms in total. The summed E-state index contributed by atoms with van der Waals surface area (Å²) in [5.74, 6) is 0.983. The highest BCUT2D eigenvalue weighted by Gasteiger charge is 2.26. The molecule has 1 fully saturated rings. The SMILES string of the molecule is COc1ncccc1C(=O)N[C@@H]1CCN(c2ccc3nncn3n2)C1. The van der Waals surface area contributed by atoms with E-state index in [1.54, 1.807) is 29.2 Å². The monoisotopic (exact) mass is 339 g/mol. The number of nitrogens with zero attached hydrogens (tertiary/aromatic N) is 6. The maximum absolute atomic E-state index is 12.5. The van der Waals surface area contributed by atoms with Gasteiger partial charge in [-0.3, -0.25) is 4.79 Å². The average molecular weight is 339 g/mol. The number of ether oxygens (including phenoxy) is 1. The first-order chi connectivity index (χ1) is 12.2. The van der Waals surface area contributed by atoms with Crippen LogP contribution in [-0.2, 0) is 0 Å². The topological polar surface area (TPSA) is 97.5 Å². The molecule has 4 heterocycles. The molecule has 128 valence electrons. The fourth-order valence-corrected chi connectivity index (χ4v) is 2.96. The highest BCUT2D eigenvalue weighted by molar-refractivity contribution is 5.96. The number of fused-ring (bicyclic) bond motifs is 1. The van der Waals surface area contributed by atoms with Gasteiger partial charge in [-0.15, -0.1) is 15.3 Å². The van der Waals surface area contributed by atoms with E-state index in [1.807, 2.05) is 12.1 Å². The zero-order valence-corrected chi connectivity index (χ0v) is 13.7. The van der Waals surface area contributed by atoms with Crippen molar-refractivity contribution in [2.24, 2.45) is 0 Å². The normalized spacial score (nSPS) is 17.0. The van der Waals surface area contributed by atoms with Crippen molar-refractivity contribution in [3.63, 3.8) is 0 Å².